The molecule has 0 saturated carbocycles. The molecule has 2 rings (SSSR count). The molecule has 1 aromatic carbocycles. The van der Waals surface area contributed by atoms with E-state index in [2.05, 4.69) is 36.2 Å². The molecule has 0 atom stereocenters. The number of hydrogen-bond donors (Lipinski definition) is 1. The number of nitrogens with zero attached hydrogens (tertiary/aromatic N) is 1. The Bertz CT molecular complexity index is 305. The van der Waals surface area contributed by atoms with Gasteiger partial charge in [-0.05, 0) is 24.6 Å². The first-order valence-electron chi connectivity index (χ1n) is 5.18. The fourth-order valence-electron chi connectivity index (χ4n) is 2.18. The van der Waals surface area contributed by atoms with Gasteiger partial charge < -0.3 is 10.0 Å². The molecule has 0 amide bonds. The number of rotatable bonds is 3. The fraction of sp³-hybridized carbons (Fsp3) is 0.500. The van der Waals surface area contributed by atoms with Crippen LogP contribution in [0.25, 0.3) is 0 Å². The molecule has 2 nitrogen and oxygen atoms in total. The van der Waals surface area contributed by atoms with Gasteiger partial charge >= 0.3 is 0 Å². The molecule has 1 aromatic rings. The van der Waals surface area contributed by atoms with E-state index in [1.807, 2.05) is 0 Å². The second-order valence-electron chi connectivity index (χ2n) is 4.09. The van der Waals surface area contributed by atoms with Gasteiger partial charge in [-0.3, -0.25) is 0 Å². The minimum atomic E-state index is 0.250. The summed E-state index contributed by atoms with van der Waals surface area (Å²) in [6, 6.07) is 8.47. The molecule has 0 bridgehead atoms. The average molecular weight is 191 g/mol. The first-order chi connectivity index (χ1) is 6.81. The van der Waals surface area contributed by atoms with E-state index in [9.17, 15) is 0 Å². The van der Waals surface area contributed by atoms with E-state index in [0.29, 0.717) is 5.92 Å². The van der Waals surface area contributed by atoms with Crippen LogP contribution in [-0.2, 0) is 6.42 Å². The molecule has 2 heteroatoms. The SMILES string of the molecule is CN1CC(c2ccccc2CCO)C1. The van der Waals surface area contributed by atoms with Gasteiger partial charge in [0.05, 0.1) is 0 Å². The van der Waals surface area contributed by atoms with Crippen molar-refractivity contribution in [1.29, 1.82) is 0 Å². The van der Waals surface area contributed by atoms with E-state index in [4.69, 9.17) is 5.11 Å². The molecule has 14 heavy (non-hydrogen) atoms. The second-order valence-corrected chi connectivity index (χ2v) is 4.09. The van der Waals surface area contributed by atoms with Gasteiger partial charge in [-0.15, -0.1) is 0 Å². The van der Waals surface area contributed by atoms with Crippen molar-refractivity contribution in [2.75, 3.05) is 26.7 Å². The summed E-state index contributed by atoms with van der Waals surface area (Å²) >= 11 is 0. The maximum absolute atomic E-state index is 8.96. The van der Waals surface area contributed by atoms with Crippen molar-refractivity contribution in [1.82, 2.24) is 4.90 Å². The molecule has 0 spiro atoms. The van der Waals surface area contributed by atoms with Crippen LogP contribution in [0.2, 0.25) is 0 Å². The average Bonchev–Trinajstić information content (AvgIpc) is 2.15. The number of likely N-dealkylation sites (tertiary alicyclic amines) is 1. The van der Waals surface area contributed by atoms with Crippen molar-refractivity contribution in [2.24, 2.45) is 0 Å². The topological polar surface area (TPSA) is 23.5 Å². The van der Waals surface area contributed by atoms with Crippen molar-refractivity contribution in [3.63, 3.8) is 0 Å². The number of likely N-dealkylation sites (N-methyl/N-ethyl adjacent to an activating group) is 1. The molecule has 76 valence electrons. The highest BCUT2D eigenvalue weighted by molar-refractivity contribution is 5.32. The monoisotopic (exact) mass is 191 g/mol. The van der Waals surface area contributed by atoms with Gasteiger partial charge in [-0.25, -0.2) is 0 Å². The molecule has 0 radical (unpaired) electrons. The molecule has 1 aliphatic rings. The number of hydrogen-bond acceptors (Lipinski definition) is 2. The van der Waals surface area contributed by atoms with Crippen molar-refractivity contribution in [3.05, 3.63) is 35.4 Å². The lowest BCUT2D eigenvalue weighted by Gasteiger charge is -2.37. The van der Waals surface area contributed by atoms with Gasteiger partial charge in [0.15, 0.2) is 0 Å². The van der Waals surface area contributed by atoms with Gasteiger partial charge in [0.1, 0.15) is 0 Å². The fourth-order valence-corrected chi connectivity index (χ4v) is 2.18. The van der Waals surface area contributed by atoms with Crippen LogP contribution in [0.15, 0.2) is 24.3 Å². The molecule has 1 aliphatic heterocycles. The maximum Gasteiger partial charge on any atom is 0.0471 e. The molecule has 0 aromatic heterocycles. The Morgan fingerprint density at radius 2 is 2.07 bits per heavy atom. The predicted molar refractivity (Wildman–Crippen MR) is 57.5 cm³/mol. The molecule has 1 heterocycles. The summed E-state index contributed by atoms with van der Waals surface area (Å²) < 4.78 is 0. The summed E-state index contributed by atoms with van der Waals surface area (Å²) in [7, 11) is 2.14. The van der Waals surface area contributed by atoms with Crippen LogP contribution >= 0.6 is 0 Å². The lowest BCUT2D eigenvalue weighted by molar-refractivity contribution is 0.188. The smallest absolute Gasteiger partial charge is 0.0471 e. The lowest BCUT2D eigenvalue weighted by Crippen LogP contribution is -2.42. The van der Waals surface area contributed by atoms with Crippen LogP contribution in [0.4, 0.5) is 0 Å². The predicted octanol–water partition coefficient (Wildman–Crippen LogP) is 1.25. The highest BCUT2D eigenvalue weighted by Gasteiger charge is 2.25. The van der Waals surface area contributed by atoms with Crippen LogP contribution in [0.1, 0.15) is 17.0 Å². The Balaban J connectivity index is 2.15. The Labute approximate surface area is 85.2 Å². The minimum Gasteiger partial charge on any atom is -0.396 e. The molecule has 0 unspecified atom stereocenters. The number of benzene rings is 1. The third-order valence-electron chi connectivity index (χ3n) is 2.94. The Morgan fingerprint density at radius 1 is 1.36 bits per heavy atom. The van der Waals surface area contributed by atoms with Crippen LogP contribution in [-0.4, -0.2) is 36.8 Å². The lowest BCUT2D eigenvalue weighted by atomic mass is 9.87. The Hall–Kier alpha value is -0.860. The van der Waals surface area contributed by atoms with Crippen molar-refractivity contribution >= 4 is 0 Å². The van der Waals surface area contributed by atoms with E-state index in [1.165, 1.54) is 11.1 Å². The third kappa shape index (κ3) is 1.81. The molecule has 1 fully saturated rings. The van der Waals surface area contributed by atoms with Crippen LogP contribution in [0, 0.1) is 0 Å². The second kappa shape index (κ2) is 4.11. The van der Waals surface area contributed by atoms with Crippen LogP contribution in [0.5, 0.6) is 0 Å². The van der Waals surface area contributed by atoms with Gasteiger partial charge in [0.2, 0.25) is 0 Å². The van der Waals surface area contributed by atoms with E-state index in [0.717, 1.165) is 19.5 Å². The highest BCUT2D eigenvalue weighted by Crippen LogP contribution is 2.28. The number of aliphatic hydroxyl groups is 1. The van der Waals surface area contributed by atoms with Gasteiger partial charge in [-0.1, -0.05) is 24.3 Å². The summed E-state index contributed by atoms with van der Waals surface area (Å²) in [5.74, 6) is 0.683. The molecule has 1 N–H and O–H groups in total. The zero-order valence-corrected chi connectivity index (χ0v) is 8.61. The summed E-state index contributed by atoms with van der Waals surface area (Å²) in [5.41, 5.74) is 2.74. The zero-order chi connectivity index (χ0) is 9.97. The van der Waals surface area contributed by atoms with E-state index < -0.39 is 0 Å². The Kier molecular flexibility index (Phi) is 2.85. The summed E-state index contributed by atoms with van der Waals surface area (Å²) in [5, 5.41) is 8.96. The zero-order valence-electron chi connectivity index (χ0n) is 8.61. The van der Waals surface area contributed by atoms with Gasteiger partial charge in [-0.2, -0.15) is 0 Å². The standard InChI is InChI=1S/C12H17NO/c1-13-8-11(9-13)12-5-3-2-4-10(12)6-7-14/h2-5,11,14H,6-9H2,1H3. The third-order valence-corrected chi connectivity index (χ3v) is 2.94. The van der Waals surface area contributed by atoms with Crippen molar-refractivity contribution in [2.45, 2.75) is 12.3 Å². The molecular weight excluding hydrogens is 174 g/mol. The van der Waals surface area contributed by atoms with E-state index in [-0.39, 0.29) is 6.61 Å². The maximum atomic E-state index is 8.96. The molecular formula is C12H17NO. The van der Waals surface area contributed by atoms with E-state index >= 15 is 0 Å². The summed E-state index contributed by atoms with van der Waals surface area (Å²) in [4.78, 5) is 2.32. The first-order valence-corrected chi connectivity index (χ1v) is 5.18. The highest BCUT2D eigenvalue weighted by atomic mass is 16.2. The van der Waals surface area contributed by atoms with Gasteiger partial charge in [0.25, 0.3) is 0 Å². The summed E-state index contributed by atoms with van der Waals surface area (Å²) in [6.07, 6.45) is 0.788. The first kappa shape index (κ1) is 9.69. The van der Waals surface area contributed by atoms with Crippen molar-refractivity contribution in [3.8, 4) is 0 Å². The largest absolute Gasteiger partial charge is 0.396 e. The van der Waals surface area contributed by atoms with Crippen LogP contribution in [0.3, 0.4) is 0 Å². The minimum absolute atomic E-state index is 0.250. The Morgan fingerprint density at radius 3 is 2.71 bits per heavy atom. The quantitative estimate of drug-likeness (QED) is 0.777. The molecule has 1 saturated heterocycles. The molecule has 0 aliphatic carbocycles. The van der Waals surface area contributed by atoms with Crippen molar-refractivity contribution < 1.29 is 5.11 Å². The normalized spacial score (nSPS) is 18.1. The van der Waals surface area contributed by atoms with Crippen LogP contribution < -0.4 is 0 Å². The van der Waals surface area contributed by atoms with Gasteiger partial charge in [0, 0.05) is 25.6 Å². The van der Waals surface area contributed by atoms with E-state index in [1.54, 1.807) is 0 Å². The number of aliphatic hydroxyl groups excluding tert-OH is 1. The summed E-state index contributed by atoms with van der Waals surface area (Å²) in [6.45, 7) is 2.56.